The summed E-state index contributed by atoms with van der Waals surface area (Å²) >= 11 is 0. The highest BCUT2D eigenvalue weighted by atomic mass is 19.1. The van der Waals surface area contributed by atoms with Gasteiger partial charge in [0, 0.05) is 11.6 Å². The Morgan fingerprint density at radius 2 is 1.86 bits per heavy atom. The zero-order valence-corrected chi connectivity index (χ0v) is 12.5. The molecular formula is C17H20FNO2. The summed E-state index contributed by atoms with van der Waals surface area (Å²) < 4.78 is 24.7. The molecule has 2 aromatic carbocycles. The third-order valence-corrected chi connectivity index (χ3v) is 3.50. The Bertz CT molecular complexity index is 601. The number of nitrogens with one attached hydrogen (secondary N) is 1. The summed E-state index contributed by atoms with van der Waals surface area (Å²) in [5.41, 5.74) is 1.62. The van der Waals surface area contributed by atoms with Gasteiger partial charge in [0.05, 0.1) is 14.2 Å². The van der Waals surface area contributed by atoms with Gasteiger partial charge in [-0.3, -0.25) is 0 Å². The van der Waals surface area contributed by atoms with Crippen molar-refractivity contribution in [2.45, 2.75) is 12.5 Å². The van der Waals surface area contributed by atoms with Crippen molar-refractivity contribution >= 4 is 0 Å². The fraction of sp³-hybridized carbons (Fsp3) is 0.294. The second kappa shape index (κ2) is 7.09. The van der Waals surface area contributed by atoms with Gasteiger partial charge in [0.2, 0.25) is 0 Å². The number of likely N-dealkylation sites (N-methyl/N-ethyl adjacent to an activating group) is 1. The zero-order chi connectivity index (χ0) is 15.2. The van der Waals surface area contributed by atoms with E-state index in [-0.39, 0.29) is 11.9 Å². The summed E-state index contributed by atoms with van der Waals surface area (Å²) in [7, 11) is 5.00. The topological polar surface area (TPSA) is 30.5 Å². The molecule has 21 heavy (non-hydrogen) atoms. The highest BCUT2D eigenvalue weighted by molar-refractivity contribution is 5.39. The summed E-state index contributed by atoms with van der Waals surface area (Å²) in [5, 5.41) is 3.16. The maximum Gasteiger partial charge on any atom is 0.131 e. The van der Waals surface area contributed by atoms with Crippen LogP contribution in [0.1, 0.15) is 17.2 Å². The van der Waals surface area contributed by atoms with Crippen LogP contribution in [0.25, 0.3) is 0 Å². The molecule has 1 N–H and O–H groups in total. The van der Waals surface area contributed by atoms with Crippen LogP contribution >= 0.6 is 0 Å². The van der Waals surface area contributed by atoms with Crippen LogP contribution in [0.2, 0.25) is 0 Å². The molecule has 1 atom stereocenters. The van der Waals surface area contributed by atoms with E-state index in [0.29, 0.717) is 17.7 Å². The fourth-order valence-electron chi connectivity index (χ4n) is 2.42. The highest BCUT2D eigenvalue weighted by Crippen LogP contribution is 2.30. The average Bonchev–Trinajstić information content (AvgIpc) is 2.53. The zero-order valence-electron chi connectivity index (χ0n) is 12.5. The number of ether oxygens (including phenoxy) is 2. The highest BCUT2D eigenvalue weighted by Gasteiger charge is 2.19. The van der Waals surface area contributed by atoms with E-state index in [1.165, 1.54) is 6.07 Å². The molecule has 0 spiro atoms. The molecule has 0 aliphatic rings. The molecule has 2 aromatic rings. The number of halogens is 1. The quantitative estimate of drug-likeness (QED) is 0.884. The van der Waals surface area contributed by atoms with Crippen molar-refractivity contribution in [1.29, 1.82) is 0 Å². The molecule has 0 saturated carbocycles. The number of benzene rings is 2. The Kier molecular flexibility index (Phi) is 5.17. The van der Waals surface area contributed by atoms with Gasteiger partial charge in [-0.15, -0.1) is 0 Å². The normalized spacial score (nSPS) is 12.0. The van der Waals surface area contributed by atoms with Gasteiger partial charge in [-0.05, 0) is 43.3 Å². The first-order valence-corrected chi connectivity index (χ1v) is 6.82. The summed E-state index contributed by atoms with van der Waals surface area (Å²) in [6.07, 6.45) is 0.644. The Balaban J connectivity index is 2.32. The van der Waals surface area contributed by atoms with Crippen molar-refractivity contribution in [1.82, 2.24) is 5.32 Å². The lowest BCUT2D eigenvalue weighted by molar-refractivity contribution is 0.392. The molecule has 0 aliphatic heterocycles. The Labute approximate surface area is 124 Å². The lowest BCUT2D eigenvalue weighted by Crippen LogP contribution is -2.21. The molecule has 0 saturated heterocycles. The second-order valence-corrected chi connectivity index (χ2v) is 4.75. The van der Waals surface area contributed by atoms with E-state index in [1.54, 1.807) is 26.4 Å². The van der Waals surface area contributed by atoms with Gasteiger partial charge in [0.15, 0.2) is 0 Å². The standard InChI is InChI=1S/C17H20FNO2/c1-19-15(11-12-6-4-7-13(10-12)20-2)17-14(18)8-5-9-16(17)21-3/h4-10,15,19H,11H2,1-3H3. The second-order valence-electron chi connectivity index (χ2n) is 4.75. The molecule has 0 heterocycles. The smallest absolute Gasteiger partial charge is 0.131 e. The first-order valence-electron chi connectivity index (χ1n) is 6.82. The van der Waals surface area contributed by atoms with Crippen LogP contribution in [-0.4, -0.2) is 21.3 Å². The van der Waals surface area contributed by atoms with Gasteiger partial charge >= 0.3 is 0 Å². The summed E-state index contributed by atoms with van der Waals surface area (Å²) in [5.74, 6) is 1.08. The average molecular weight is 289 g/mol. The summed E-state index contributed by atoms with van der Waals surface area (Å²) in [4.78, 5) is 0. The van der Waals surface area contributed by atoms with Crippen molar-refractivity contribution in [2.24, 2.45) is 0 Å². The van der Waals surface area contributed by atoms with Crippen molar-refractivity contribution in [3.63, 3.8) is 0 Å². The Morgan fingerprint density at radius 3 is 2.52 bits per heavy atom. The van der Waals surface area contributed by atoms with E-state index in [4.69, 9.17) is 9.47 Å². The molecule has 112 valence electrons. The van der Waals surface area contributed by atoms with E-state index in [0.717, 1.165) is 11.3 Å². The molecule has 0 aromatic heterocycles. The van der Waals surface area contributed by atoms with Crippen LogP contribution < -0.4 is 14.8 Å². The molecular weight excluding hydrogens is 269 g/mol. The Hall–Kier alpha value is -2.07. The molecule has 0 fully saturated rings. The van der Waals surface area contributed by atoms with Crippen molar-refractivity contribution < 1.29 is 13.9 Å². The number of hydrogen-bond acceptors (Lipinski definition) is 3. The minimum absolute atomic E-state index is 0.173. The molecule has 0 radical (unpaired) electrons. The third kappa shape index (κ3) is 3.52. The van der Waals surface area contributed by atoms with E-state index in [2.05, 4.69) is 5.32 Å². The van der Waals surface area contributed by atoms with E-state index in [1.807, 2.05) is 31.3 Å². The lowest BCUT2D eigenvalue weighted by Gasteiger charge is -2.20. The maximum atomic E-state index is 14.2. The van der Waals surface area contributed by atoms with Gasteiger partial charge in [-0.2, -0.15) is 0 Å². The summed E-state index contributed by atoms with van der Waals surface area (Å²) in [6.45, 7) is 0. The number of rotatable bonds is 6. The van der Waals surface area contributed by atoms with E-state index >= 15 is 0 Å². The van der Waals surface area contributed by atoms with Crippen LogP contribution in [0, 0.1) is 5.82 Å². The molecule has 0 bridgehead atoms. The van der Waals surface area contributed by atoms with Crippen molar-refractivity contribution in [2.75, 3.05) is 21.3 Å². The van der Waals surface area contributed by atoms with Crippen molar-refractivity contribution in [3.05, 3.63) is 59.4 Å². The van der Waals surface area contributed by atoms with E-state index < -0.39 is 0 Å². The summed E-state index contributed by atoms with van der Waals surface area (Å²) in [6, 6.07) is 12.5. The Morgan fingerprint density at radius 1 is 1.10 bits per heavy atom. The maximum absolute atomic E-state index is 14.2. The monoisotopic (exact) mass is 289 g/mol. The minimum Gasteiger partial charge on any atom is -0.497 e. The SMILES string of the molecule is CNC(Cc1cccc(OC)c1)c1c(F)cccc1OC. The largest absolute Gasteiger partial charge is 0.497 e. The minimum atomic E-state index is -0.267. The predicted octanol–water partition coefficient (Wildman–Crippen LogP) is 3.35. The van der Waals surface area contributed by atoms with Gasteiger partial charge in [0.1, 0.15) is 17.3 Å². The molecule has 0 amide bonds. The third-order valence-electron chi connectivity index (χ3n) is 3.50. The van der Waals surface area contributed by atoms with Crippen LogP contribution in [0.3, 0.4) is 0 Å². The van der Waals surface area contributed by atoms with E-state index in [9.17, 15) is 4.39 Å². The van der Waals surface area contributed by atoms with Gasteiger partial charge in [0.25, 0.3) is 0 Å². The number of hydrogen-bond donors (Lipinski definition) is 1. The van der Waals surface area contributed by atoms with Gasteiger partial charge in [-0.1, -0.05) is 18.2 Å². The van der Waals surface area contributed by atoms with Gasteiger partial charge < -0.3 is 14.8 Å². The van der Waals surface area contributed by atoms with Gasteiger partial charge in [-0.25, -0.2) is 4.39 Å². The van der Waals surface area contributed by atoms with Crippen LogP contribution in [0.4, 0.5) is 4.39 Å². The number of methoxy groups -OCH3 is 2. The van der Waals surface area contributed by atoms with Crippen LogP contribution in [0.15, 0.2) is 42.5 Å². The molecule has 3 nitrogen and oxygen atoms in total. The molecule has 1 unspecified atom stereocenters. The lowest BCUT2D eigenvalue weighted by atomic mass is 9.97. The predicted molar refractivity (Wildman–Crippen MR) is 81.5 cm³/mol. The molecule has 4 heteroatoms. The fourth-order valence-corrected chi connectivity index (χ4v) is 2.42. The first kappa shape index (κ1) is 15.3. The van der Waals surface area contributed by atoms with Crippen LogP contribution in [-0.2, 0) is 6.42 Å². The first-order chi connectivity index (χ1) is 10.2. The molecule has 0 aliphatic carbocycles. The van der Waals surface area contributed by atoms with Crippen LogP contribution in [0.5, 0.6) is 11.5 Å². The van der Waals surface area contributed by atoms with Crippen molar-refractivity contribution in [3.8, 4) is 11.5 Å². The molecule has 2 rings (SSSR count).